The molecule has 0 spiro atoms. The van der Waals surface area contributed by atoms with Gasteiger partial charge in [0.2, 0.25) is 0 Å². The summed E-state index contributed by atoms with van der Waals surface area (Å²) in [5.74, 6) is 0. The van der Waals surface area contributed by atoms with Crippen molar-refractivity contribution in [1.82, 2.24) is 0 Å². The normalized spacial score (nSPS) is 19.0. The van der Waals surface area contributed by atoms with Crippen molar-refractivity contribution in [2.24, 2.45) is 0 Å². The molecule has 0 aromatic heterocycles. The molecule has 1 aliphatic rings. The summed E-state index contributed by atoms with van der Waals surface area (Å²) in [7, 11) is 1.22. The Hall–Kier alpha value is 1.15. The maximum atomic E-state index is 3.42. The molecule has 0 heterocycles. The molecule has 0 nitrogen and oxygen atoms in total. The molecule has 0 N–H and O–H groups in total. The van der Waals surface area contributed by atoms with Gasteiger partial charge in [0.1, 0.15) is 0 Å². The van der Waals surface area contributed by atoms with Crippen LogP contribution in [0, 0.1) is 6.08 Å². The van der Waals surface area contributed by atoms with Crippen LogP contribution in [0.3, 0.4) is 0 Å². The molecular formula is C8H13Cl3SiV. The van der Waals surface area contributed by atoms with Crippen LogP contribution >= 0.6 is 0 Å². The molecule has 0 bridgehead atoms. The second-order valence-corrected chi connectivity index (χ2v) is 3.95. The second kappa shape index (κ2) is 9.70. The maximum absolute atomic E-state index is 3.42. The van der Waals surface area contributed by atoms with Gasteiger partial charge in [-0.1, -0.05) is 13.8 Å². The average molecular weight is 295 g/mol. The zero-order chi connectivity index (χ0) is 7.02. The number of rotatable bonds is 0. The summed E-state index contributed by atoms with van der Waals surface area (Å²) in [6.45, 7) is 6.56. The zero-order valence-corrected chi connectivity index (χ0v) is 13.8. The van der Waals surface area contributed by atoms with Crippen LogP contribution in [0.1, 0.15) is 20.8 Å². The Kier molecular flexibility index (Phi) is 17.7. The topological polar surface area (TPSA) is 0 Å². The Balaban J connectivity index is -0.000000101. The van der Waals surface area contributed by atoms with Gasteiger partial charge in [-0.2, -0.15) is 11.1 Å². The van der Waals surface area contributed by atoms with Crippen molar-refractivity contribution >= 4 is 10.2 Å². The summed E-state index contributed by atoms with van der Waals surface area (Å²) in [6, 6.07) is 0. The minimum atomic E-state index is 0. The van der Waals surface area contributed by atoms with E-state index in [0.717, 1.165) is 0 Å². The van der Waals surface area contributed by atoms with Crippen molar-refractivity contribution in [3.63, 3.8) is 0 Å². The summed E-state index contributed by atoms with van der Waals surface area (Å²) in [4.78, 5) is 0. The molecule has 13 heavy (non-hydrogen) atoms. The van der Waals surface area contributed by atoms with Crippen LogP contribution in [0.4, 0.5) is 0 Å². The van der Waals surface area contributed by atoms with E-state index in [9.17, 15) is 0 Å². The van der Waals surface area contributed by atoms with Gasteiger partial charge < -0.3 is 37.2 Å². The Bertz CT molecular complexity index is 202. The van der Waals surface area contributed by atoms with E-state index in [0.29, 0.717) is 5.54 Å². The first-order chi connectivity index (χ1) is 4.13. The predicted octanol–water partition coefficient (Wildman–Crippen LogP) is -7.75. The van der Waals surface area contributed by atoms with Crippen molar-refractivity contribution in [2.45, 2.75) is 26.3 Å². The molecule has 1 unspecified atom stereocenters. The number of halogens is 3. The van der Waals surface area contributed by atoms with Crippen LogP contribution in [0.2, 0.25) is 5.54 Å². The van der Waals surface area contributed by atoms with Crippen molar-refractivity contribution in [2.75, 3.05) is 0 Å². The zero-order valence-electron chi connectivity index (χ0n) is 8.16. The van der Waals surface area contributed by atoms with Crippen LogP contribution in [0.5, 0.6) is 0 Å². The minimum absolute atomic E-state index is 0. The van der Waals surface area contributed by atoms with Gasteiger partial charge in [0.05, 0.1) is 0 Å². The Labute approximate surface area is 115 Å². The summed E-state index contributed by atoms with van der Waals surface area (Å²) in [5, 5.41) is 0. The molecule has 5 heteroatoms. The van der Waals surface area contributed by atoms with Gasteiger partial charge in [-0.05, 0) is 10.2 Å². The van der Waals surface area contributed by atoms with Crippen LogP contribution < -0.4 is 37.2 Å². The molecule has 0 saturated heterocycles. The third-order valence-corrected chi connectivity index (χ3v) is 3.39. The SMILES string of the molecule is CC1=[C-]C([SiH3])C(C)=C1C.[Cl-].[Cl-].[Cl-].[V+4]. The first-order valence-electron chi connectivity index (χ1n) is 3.40. The third-order valence-electron chi connectivity index (χ3n) is 2.24. The van der Waals surface area contributed by atoms with Gasteiger partial charge in [0.15, 0.2) is 0 Å². The van der Waals surface area contributed by atoms with E-state index in [2.05, 4.69) is 26.8 Å². The molecule has 0 aliphatic heterocycles. The van der Waals surface area contributed by atoms with E-state index >= 15 is 0 Å². The summed E-state index contributed by atoms with van der Waals surface area (Å²) in [6.07, 6.45) is 3.42. The first-order valence-corrected chi connectivity index (χ1v) is 4.56. The van der Waals surface area contributed by atoms with Crippen molar-refractivity contribution in [3.05, 3.63) is 22.8 Å². The second-order valence-electron chi connectivity index (χ2n) is 2.80. The van der Waals surface area contributed by atoms with Gasteiger partial charge in [0, 0.05) is 0 Å². The molecule has 0 amide bonds. The largest absolute Gasteiger partial charge is 4.00 e. The number of hydrogen-bond donors (Lipinski definition) is 0. The molecule has 1 atom stereocenters. The smallest absolute Gasteiger partial charge is 1.00 e. The van der Waals surface area contributed by atoms with E-state index in [1.54, 1.807) is 5.57 Å². The van der Waals surface area contributed by atoms with Gasteiger partial charge in [0.25, 0.3) is 0 Å². The van der Waals surface area contributed by atoms with E-state index in [1.807, 2.05) is 0 Å². The number of allylic oxidation sites excluding steroid dienone is 4. The van der Waals surface area contributed by atoms with Gasteiger partial charge in [-0.15, -0.1) is 12.5 Å². The van der Waals surface area contributed by atoms with Gasteiger partial charge in [-0.3, -0.25) is 6.08 Å². The standard InChI is InChI=1S/C8H13Si.3ClH.V/c1-5-4-8(9)7(3)6(5)2;;;;/h8H,1-3,9H3;3*1H;/q-1;;;;+4/p-3. The first kappa shape index (κ1) is 23.8. The molecule has 75 valence electrons. The van der Waals surface area contributed by atoms with E-state index < -0.39 is 0 Å². The molecule has 1 rings (SSSR count). The maximum Gasteiger partial charge on any atom is 4.00 e. The monoisotopic (exact) mass is 293 g/mol. The fourth-order valence-corrected chi connectivity index (χ4v) is 2.03. The summed E-state index contributed by atoms with van der Waals surface area (Å²) >= 11 is 0. The van der Waals surface area contributed by atoms with Crippen molar-refractivity contribution in [1.29, 1.82) is 0 Å². The van der Waals surface area contributed by atoms with Crippen LogP contribution in [-0.2, 0) is 18.6 Å². The van der Waals surface area contributed by atoms with E-state index in [-0.39, 0.29) is 55.8 Å². The fraction of sp³-hybridized carbons (Fsp3) is 0.500. The molecule has 0 aromatic carbocycles. The Morgan fingerprint density at radius 3 is 1.54 bits per heavy atom. The molecule has 1 aliphatic carbocycles. The fourth-order valence-electron chi connectivity index (χ4n) is 1.16. The van der Waals surface area contributed by atoms with Crippen molar-refractivity contribution < 1.29 is 55.8 Å². The quantitative estimate of drug-likeness (QED) is 0.308. The predicted molar refractivity (Wildman–Crippen MR) is 44.5 cm³/mol. The summed E-state index contributed by atoms with van der Waals surface area (Å²) < 4.78 is 0. The number of hydrogen-bond acceptors (Lipinski definition) is 0. The van der Waals surface area contributed by atoms with Crippen LogP contribution in [-0.4, -0.2) is 10.2 Å². The van der Waals surface area contributed by atoms with E-state index in [4.69, 9.17) is 0 Å². The molecule has 0 saturated carbocycles. The Morgan fingerprint density at radius 1 is 1.08 bits per heavy atom. The van der Waals surface area contributed by atoms with Gasteiger partial charge >= 0.3 is 18.6 Å². The summed E-state index contributed by atoms with van der Waals surface area (Å²) in [5.41, 5.74) is 5.08. The van der Waals surface area contributed by atoms with Crippen molar-refractivity contribution in [3.8, 4) is 0 Å². The molecule has 0 fully saturated rings. The average Bonchev–Trinajstić information content (AvgIpc) is 1.98. The van der Waals surface area contributed by atoms with Crippen LogP contribution in [0.15, 0.2) is 16.7 Å². The van der Waals surface area contributed by atoms with E-state index in [1.165, 1.54) is 21.4 Å². The molecular weight excluding hydrogens is 281 g/mol. The third kappa shape index (κ3) is 5.56. The Morgan fingerprint density at radius 2 is 1.46 bits per heavy atom. The van der Waals surface area contributed by atoms with Crippen LogP contribution in [0.25, 0.3) is 0 Å². The molecule has 0 aromatic rings. The molecule has 1 radical (unpaired) electrons. The minimum Gasteiger partial charge on any atom is -1.00 e. The van der Waals surface area contributed by atoms with Gasteiger partial charge in [-0.25, -0.2) is 5.57 Å².